The van der Waals surface area contributed by atoms with Crippen LogP contribution in [0.25, 0.3) is 0 Å². The lowest BCUT2D eigenvalue weighted by molar-refractivity contribution is 0.0116. The minimum atomic E-state index is -0.862. The van der Waals surface area contributed by atoms with Gasteiger partial charge in [-0.1, -0.05) is 29.8 Å². The topological polar surface area (TPSA) is 49.2 Å². The number of benzene rings is 1. The molecule has 1 aliphatic rings. The molecule has 5 heteroatoms. The van der Waals surface area contributed by atoms with Crippen LogP contribution in [0.4, 0.5) is 5.95 Å². The first kappa shape index (κ1) is 14.3. The zero-order valence-electron chi connectivity index (χ0n) is 12.0. The zero-order valence-corrected chi connectivity index (χ0v) is 12.7. The van der Waals surface area contributed by atoms with Crippen molar-refractivity contribution < 1.29 is 5.11 Å². The Hall–Kier alpha value is -1.65. The van der Waals surface area contributed by atoms with Gasteiger partial charge in [-0.3, -0.25) is 0 Å². The molecule has 4 nitrogen and oxygen atoms in total. The normalized spacial score (nSPS) is 17.8. The van der Waals surface area contributed by atoms with Gasteiger partial charge in [-0.05, 0) is 31.4 Å². The van der Waals surface area contributed by atoms with Crippen LogP contribution >= 0.6 is 11.6 Å². The first-order valence-corrected chi connectivity index (χ1v) is 7.47. The molecule has 0 bridgehead atoms. The number of aryl methyl sites for hydroxylation is 1. The smallest absolute Gasteiger partial charge is 0.225 e. The van der Waals surface area contributed by atoms with E-state index in [0.717, 1.165) is 17.1 Å². The van der Waals surface area contributed by atoms with Crippen molar-refractivity contribution in [2.75, 3.05) is 18.0 Å². The standard InChI is InChI=1S/C16H18ClN3O/c1-12-10-18-15(19-11-12)20-8-6-16(21,7-9-20)13-4-2-3-5-14(13)17/h2-5,10-11,21H,6-9H2,1H3. The van der Waals surface area contributed by atoms with Gasteiger partial charge < -0.3 is 10.0 Å². The van der Waals surface area contributed by atoms with Gasteiger partial charge in [-0.25, -0.2) is 9.97 Å². The van der Waals surface area contributed by atoms with Crippen molar-refractivity contribution in [3.05, 3.63) is 52.8 Å². The molecule has 0 aliphatic carbocycles. The van der Waals surface area contributed by atoms with E-state index in [9.17, 15) is 5.11 Å². The van der Waals surface area contributed by atoms with Gasteiger partial charge >= 0.3 is 0 Å². The van der Waals surface area contributed by atoms with E-state index in [2.05, 4.69) is 14.9 Å². The van der Waals surface area contributed by atoms with Gasteiger partial charge in [0, 0.05) is 36.1 Å². The molecule has 0 unspecified atom stereocenters. The summed E-state index contributed by atoms with van der Waals surface area (Å²) in [6.45, 7) is 3.39. The number of aromatic nitrogens is 2. The first-order chi connectivity index (χ1) is 10.1. The average molecular weight is 304 g/mol. The van der Waals surface area contributed by atoms with Gasteiger partial charge in [0.2, 0.25) is 5.95 Å². The molecule has 2 heterocycles. The van der Waals surface area contributed by atoms with Crippen LogP contribution in [0.5, 0.6) is 0 Å². The number of hydrogen-bond donors (Lipinski definition) is 1. The molecule has 1 fully saturated rings. The Morgan fingerprint density at radius 1 is 1.14 bits per heavy atom. The summed E-state index contributed by atoms with van der Waals surface area (Å²) < 4.78 is 0. The van der Waals surface area contributed by atoms with E-state index in [1.165, 1.54) is 0 Å². The highest BCUT2D eigenvalue weighted by Gasteiger charge is 2.35. The molecule has 0 spiro atoms. The molecular weight excluding hydrogens is 286 g/mol. The van der Waals surface area contributed by atoms with E-state index in [0.29, 0.717) is 31.0 Å². The molecule has 3 rings (SSSR count). The maximum atomic E-state index is 10.9. The fourth-order valence-corrected chi connectivity index (χ4v) is 3.05. The van der Waals surface area contributed by atoms with Crippen molar-refractivity contribution >= 4 is 17.5 Å². The van der Waals surface area contributed by atoms with Crippen molar-refractivity contribution in [2.24, 2.45) is 0 Å². The maximum Gasteiger partial charge on any atom is 0.225 e. The van der Waals surface area contributed by atoms with Gasteiger partial charge in [-0.2, -0.15) is 0 Å². The molecule has 0 amide bonds. The third-order valence-corrected chi connectivity index (χ3v) is 4.35. The van der Waals surface area contributed by atoms with Crippen LogP contribution in [0, 0.1) is 6.92 Å². The maximum absolute atomic E-state index is 10.9. The Morgan fingerprint density at radius 2 is 1.76 bits per heavy atom. The number of nitrogens with zero attached hydrogens (tertiary/aromatic N) is 3. The Balaban J connectivity index is 1.75. The molecule has 0 atom stereocenters. The largest absolute Gasteiger partial charge is 0.385 e. The van der Waals surface area contributed by atoms with Gasteiger partial charge in [0.05, 0.1) is 5.60 Å². The molecule has 21 heavy (non-hydrogen) atoms. The fourth-order valence-electron chi connectivity index (χ4n) is 2.73. The minimum absolute atomic E-state index is 0.619. The SMILES string of the molecule is Cc1cnc(N2CCC(O)(c3ccccc3Cl)CC2)nc1. The van der Waals surface area contributed by atoms with Crippen molar-refractivity contribution in [1.29, 1.82) is 0 Å². The molecule has 110 valence electrons. The van der Waals surface area contributed by atoms with E-state index in [1.54, 1.807) is 0 Å². The second-order valence-corrected chi connectivity index (χ2v) is 5.97. The highest BCUT2D eigenvalue weighted by molar-refractivity contribution is 6.31. The summed E-state index contributed by atoms with van der Waals surface area (Å²) in [5, 5.41) is 11.5. The average Bonchev–Trinajstić information content (AvgIpc) is 2.49. The molecule has 1 aliphatic heterocycles. The molecule has 0 saturated carbocycles. The van der Waals surface area contributed by atoms with Crippen molar-refractivity contribution in [2.45, 2.75) is 25.4 Å². The Morgan fingerprint density at radius 3 is 2.38 bits per heavy atom. The summed E-state index contributed by atoms with van der Waals surface area (Å²) in [5.74, 6) is 0.724. The van der Waals surface area contributed by atoms with Crippen molar-refractivity contribution in [3.8, 4) is 0 Å². The van der Waals surface area contributed by atoms with E-state index < -0.39 is 5.60 Å². The summed E-state index contributed by atoms with van der Waals surface area (Å²) in [6.07, 6.45) is 4.87. The molecule has 0 radical (unpaired) electrons. The second kappa shape index (κ2) is 5.62. The van der Waals surface area contributed by atoms with Crippen LogP contribution in [-0.2, 0) is 5.60 Å². The summed E-state index contributed by atoms with van der Waals surface area (Å²) >= 11 is 6.22. The second-order valence-electron chi connectivity index (χ2n) is 5.56. The van der Waals surface area contributed by atoms with Crippen LogP contribution in [0.2, 0.25) is 5.02 Å². The highest BCUT2D eigenvalue weighted by atomic mass is 35.5. The van der Waals surface area contributed by atoms with Crippen LogP contribution in [0.15, 0.2) is 36.7 Å². The molecule has 1 N–H and O–H groups in total. The summed E-state index contributed by atoms with van der Waals surface area (Å²) in [7, 11) is 0. The molecular formula is C16H18ClN3O. The number of hydrogen-bond acceptors (Lipinski definition) is 4. The summed E-state index contributed by atoms with van der Waals surface area (Å²) in [4.78, 5) is 10.8. The Bertz CT molecular complexity index is 622. The molecule has 1 aromatic carbocycles. The minimum Gasteiger partial charge on any atom is -0.385 e. The quantitative estimate of drug-likeness (QED) is 0.927. The van der Waals surface area contributed by atoms with Gasteiger partial charge in [-0.15, -0.1) is 0 Å². The van der Waals surface area contributed by atoms with Crippen LogP contribution in [-0.4, -0.2) is 28.2 Å². The van der Waals surface area contributed by atoms with E-state index in [4.69, 9.17) is 11.6 Å². The Labute approximate surface area is 129 Å². The number of aliphatic hydroxyl groups is 1. The summed E-state index contributed by atoms with van der Waals surface area (Å²) in [5.41, 5.74) is 0.999. The van der Waals surface area contributed by atoms with Crippen LogP contribution < -0.4 is 4.90 Å². The van der Waals surface area contributed by atoms with Crippen LogP contribution in [0.3, 0.4) is 0 Å². The lowest BCUT2D eigenvalue weighted by Gasteiger charge is -2.38. The Kier molecular flexibility index (Phi) is 3.83. The van der Waals surface area contributed by atoms with Crippen LogP contribution in [0.1, 0.15) is 24.0 Å². The number of anilines is 1. The number of rotatable bonds is 2. The molecule has 1 saturated heterocycles. The third-order valence-electron chi connectivity index (χ3n) is 4.02. The van der Waals surface area contributed by atoms with E-state index in [-0.39, 0.29) is 0 Å². The predicted octanol–water partition coefficient (Wildman–Crippen LogP) is 2.93. The van der Waals surface area contributed by atoms with E-state index >= 15 is 0 Å². The molecule has 2 aromatic rings. The monoisotopic (exact) mass is 303 g/mol. The zero-order chi connectivity index (χ0) is 14.9. The number of piperidine rings is 1. The van der Waals surface area contributed by atoms with Gasteiger partial charge in [0.15, 0.2) is 0 Å². The van der Waals surface area contributed by atoms with Gasteiger partial charge in [0.25, 0.3) is 0 Å². The molecule has 1 aromatic heterocycles. The lowest BCUT2D eigenvalue weighted by atomic mass is 9.84. The summed E-state index contributed by atoms with van der Waals surface area (Å²) in [6, 6.07) is 7.52. The third kappa shape index (κ3) is 2.87. The first-order valence-electron chi connectivity index (χ1n) is 7.09. The predicted molar refractivity (Wildman–Crippen MR) is 83.6 cm³/mol. The highest BCUT2D eigenvalue weighted by Crippen LogP contribution is 2.37. The van der Waals surface area contributed by atoms with E-state index in [1.807, 2.05) is 43.6 Å². The fraction of sp³-hybridized carbons (Fsp3) is 0.375. The van der Waals surface area contributed by atoms with Crippen molar-refractivity contribution in [1.82, 2.24) is 9.97 Å². The lowest BCUT2D eigenvalue weighted by Crippen LogP contribution is -2.43. The van der Waals surface area contributed by atoms with Gasteiger partial charge in [0.1, 0.15) is 0 Å². The van der Waals surface area contributed by atoms with Crippen molar-refractivity contribution in [3.63, 3.8) is 0 Å². The number of halogens is 1.